The molecule has 0 N–H and O–H groups in total. The molecule has 3 nitrogen and oxygen atoms in total. The lowest BCUT2D eigenvalue weighted by Crippen LogP contribution is -2.45. The van der Waals surface area contributed by atoms with Gasteiger partial charge in [-0.15, -0.1) is 11.8 Å². The average Bonchev–Trinajstić information content (AvgIpc) is 3.00. The summed E-state index contributed by atoms with van der Waals surface area (Å²) in [6.07, 6.45) is 3.81. The van der Waals surface area contributed by atoms with Crippen molar-refractivity contribution in [3.63, 3.8) is 0 Å². The van der Waals surface area contributed by atoms with Crippen LogP contribution in [0.3, 0.4) is 0 Å². The number of fused-ring (bicyclic) bond motifs is 1. The molecule has 0 aromatic carbocycles. The second-order valence-electron chi connectivity index (χ2n) is 6.38. The molecule has 2 unspecified atom stereocenters. The molecule has 1 saturated carbocycles. The van der Waals surface area contributed by atoms with E-state index in [1.54, 1.807) is 0 Å². The van der Waals surface area contributed by atoms with E-state index >= 15 is 0 Å². The predicted octanol–water partition coefficient (Wildman–Crippen LogP) is 2.85. The average molecular weight is 241 g/mol. The molecular formula is C12H19NO2S. The Hall–Kier alpha value is -0.380. The van der Waals surface area contributed by atoms with E-state index < -0.39 is 0 Å². The van der Waals surface area contributed by atoms with E-state index in [2.05, 4.69) is 0 Å². The van der Waals surface area contributed by atoms with Crippen LogP contribution in [0.15, 0.2) is 0 Å². The van der Waals surface area contributed by atoms with Crippen LogP contribution in [0.2, 0.25) is 0 Å². The van der Waals surface area contributed by atoms with Crippen LogP contribution in [0.1, 0.15) is 40.0 Å². The Kier molecular flexibility index (Phi) is 2.08. The Labute approximate surface area is 101 Å². The topological polar surface area (TPSA) is 29.5 Å². The summed E-state index contributed by atoms with van der Waals surface area (Å²) < 4.78 is 5.47. The highest BCUT2D eigenvalue weighted by atomic mass is 32.2. The molecule has 2 aliphatic heterocycles. The number of hydrogen-bond donors (Lipinski definition) is 0. The van der Waals surface area contributed by atoms with Crippen molar-refractivity contribution in [1.29, 1.82) is 0 Å². The van der Waals surface area contributed by atoms with Crippen LogP contribution in [0.4, 0.5) is 4.79 Å². The van der Waals surface area contributed by atoms with E-state index in [1.807, 2.05) is 37.4 Å². The fourth-order valence-electron chi connectivity index (χ4n) is 2.53. The fourth-order valence-corrected chi connectivity index (χ4v) is 3.80. The first-order chi connectivity index (χ1) is 7.39. The summed E-state index contributed by atoms with van der Waals surface area (Å²) in [5.74, 6) is 0. The number of nitrogens with zero attached hydrogens (tertiary/aromatic N) is 1. The van der Waals surface area contributed by atoms with Crippen molar-refractivity contribution in [3.05, 3.63) is 0 Å². The van der Waals surface area contributed by atoms with Crippen LogP contribution in [0, 0.1) is 5.41 Å². The minimum absolute atomic E-state index is 0.113. The maximum atomic E-state index is 12.1. The molecule has 2 saturated heterocycles. The number of carbonyl (C=O) groups excluding carboxylic acids is 1. The molecule has 0 aromatic heterocycles. The number of amides is 1. The van der Waals surface area contributed by atoms with Crippen molar-refractivity contribution >= 4 is 17.9 Å². The zero-order valence-electron chi connectivity index (χ0n) is 10.2. The molecule has 0 bridgehead atoms. The lowest BCUT2D eigenvalue weighted by Gasteiger charge is -2.33. The molecule has 1 spiro atoms. The highest BCUT2D eigenvalue weighted by Gasteiger charge is 2.60. The van der Waals surface area contributed by atoms with Gasteiger partial charge in [-0.1, -0.05) is 0 Å². The van der Waals surface area contributed by atoms with Crippen molar-refractivity contribution in [2.45, 2.75) is 56.3 Å². The van der Waals surface area contributed by atoms with Gasteiger partial charge in [0.05, 0.1) is 5.37 Å². The molecule has 0 aromatic rings. The third-order valence-electron chi connectivity index (χ3n) is 3.59. The molecule has 1 aliphatic carbocycles. The van der Waals surface area contributed by atoms with Crippen LogP contribution in [-0.4, -0.2) is 33.8 Å². The Morgan fingerprint density at radius 1 is 1.44 bits per heavy atom. The third kappa shape index (κ3) is 1.92. The van der Waals surface area contributed by atoms with Gasteiger partial charge in [0.25, 0.3) is 0 Å². The van der Waals surface area contributed by atoms with Gasteiger partial charge < -0.3 is 4.74 Å². The normalized spacial score (nSPS) is 34.6. The van der Waals surface area contributed by atoms with Gasteiger partial charge in [0.15, 0.2) is 0 Å². The maximum absolute atomic E-state index is 12.1. The number of thioether (sulfide) groups is 1. The van der Waals surface area contributed by atoms with E-state index in [0.717, 1.165) is 6.54 Å². The first-order valence-corrected chi connectivity index (χ1v) is 6.98. The molecule has 0 radical (unpaired) electrons. The number of rotatable bonds is 0. The molecule has 16 heavy (non-hydrogen) atoms. The minimum Gasteiger partial charge on any atom is -0.444 e. The van der Waals surface area contributed by atoms with E-state index in [0.29, 0.717) is 16.0 Å². The molecule has 4 heteroatoms. The molecule has 2 atom stereocenters. The van der Waals surface area contributed by atoms with Gasteiger partial charge in [0.1, 0.15) is 5.60 Å². The number of ether oxygens (including phenoxy) is 1. The first-order valence-electron chi connectivity index (χ1n) is 6.04. The Morgan fingerprint density at radius 2 is 2.12 bits per heavy atom. The SMILES string of the molecule is CC(C)(C)OC(=O)N1CC2(CC2)CC2SC21. The van der Waals surface area contributed by atoms with Crippen LogP contribution in [-0.2, 0) is 4.74 Å². The second kappa shape index (κ2) is 3.09. The minimum atomic E-state index is -0.375. The molecule has 3 aliphatic rings. The fraction of sp³-hybridized carbons (Fsp3) is 0.917. The molecular weight excluding hydrogens is 222 g/mol. The lowest BCUT2D eigenvalue weighted by atomic mass is 9.95. The number of hydrogen-bond acceptors (Lipinski definition) is 3. The smallest absolute Gasteiger partial charge is 0.411 e. The van der Waals surface area contributed by atoms with Crippen molar-refractivity contribution < 1.29 is 9.53 Å². The van der Waals surface area contributed by atoms with Crippen molar-refractivity contribution in [1.82, 2.24) is 4.90 Å². The highest BCUT2D eigenvalue weighted by Crippen LogP contribution is 2.63. The van der Waals surface area contributed by atoms with E-state index in [1.165, 1.54) is 19.3 Å². The van der Waals surface area contributed by atoms with Crippen LogP contribution < -0.4 is 0 Å². The summed E-state index contributed by atoms with van der Waals surface area (Å²) in [6.45, 7) is 6.72. The van der Waals surface area contributed by atoms with Gasteiger partial charge in [0, 0.05) is 11.8 Å². The Balaban J connectivity index is 1.68. The molecule has 2 heterocycles. The summed E-state index contributed by atoms with van der Waals surface area (Å²) in [5.41, 5.74) is 0.0991. The number of piperidine rings is 1. The summed E-state index contributed by atoms with van der Waals surface area (Å²) in [7, 11) is 0. The number of likely N-dealkylation sites (tertiary alicyclic amines) is 1. The Morgan fingerprint density at radius 3 is 2.69 bits per heavy atom. The van der Waals surface area contributed by atoms with Gasteiger partial charge >= 0.3 is 6.09 Å². The lowest BCUT2D eigenvalue weighted by molar-refractivity contribution is 0.0157. The number of carbonyl (C=O) groups is 1. The zero-order valence-corrected chi connectivity index (χ0v) is 11.0. The maximum Gasteiger partial charge on any atom is 0.411 e. The zero-order chi connectivity index (χ0) is 11.6. The monoisotopic (exact) mass is 241 g/mol. The molecule has 3 fully saturated rings. The molecule has 3 rings (SSSR count). The van der Waals surface area contributed by atoms with Gasteiger partial charge in [-0.25, -0.2) is 4.79 Å². The molecule has 90 valence electrons. The summed E-state index contributed by atoms with van der Waals surface area (Å²) in [5, 5.41) is 1.12. The predicted molar refractivity (Wildman–Crippen MR) is 64.4 cm³/mol. The third-order valence-corrected chi connectivity index (χ3v) is 4.91. The van der Waals surface area contributed by atoms with Gasteiger partial charge in [-0.05, 0) is 45.4 Å². The van der Waals surface area contributed by atoms with Crippen molar-refractivity contribution in [3.8, 4) is 0 Å². The second-order valence-corrected chi connectivity index (χ2v) is 7.74. The van der Waals surface area contributed by atoms with Crippen molar-refractivity contribution in [2.24, 2.45) is 5.41 Å². The standard InChI is InChI=1S/C12H19NO2S/c1-11(2,3)15-10(14)13-7-12(4-5-12)6-8-9(13)16-8/h8-9H,4-7H2,1-3H3. The van der Waals surface area contributed by atoms with E-state index in [4.69, 9.17) is 4.74 Å². The van der Waals surface area contributed by atoms with E-state index in [9.17, 15) is 4.79 Å². The van der Waals surface area contributed by atoms with Gasteiger partial charge in [0.2, 0.25) is 0 Å². The Bertz CT molecular complexity index is 332. The van der Waals surface area contributed by atoms with Crippen LogP contribution in [0.5, 0.6) is 0 Å². The highest BCUT2D eigenvalue weighted by molar-refractivity contribution is 8.07. The summed E-state index contributed by atoms with van der Waals surface area (Å²) >= 11 is 1.93. The first kappa shape index (κ1) is 10.8. The van der Waals surface area contributed by atoms with Crippen LogP contribution >= 0.6 is 11.8 Å². The van der Waals surface area contributed by atoms with Crippen LogP contribution in [0.25, 0.3) is 0 Å². The van der Waals surface area contributed by atoms with E-state index in [-0.39, 0.29) is 11.7 Å². The van der Waals surface area contributed by atoms with Gasteiger partial charge in [-0.3, -0.25) is 4.90 Å². The van der Waals surface area contributed by atoms with Crippen molar-refractivity contribution in [2.75, 3.05) is 6.54 Å². The summed E-state index contributed by atoms with van der Waals surface area (Å²) in [4.78, 5) is 14.0. The van der Waals surface area contributed by atoms with Gasteiger partial charge in [-0.2, -0.15) is 0 Å². The quantitative estimate of drug-likeness (QED) is 0.611. The molecule has 1 amide bonds. The summed E-state index contributed by atoms with van der Waals surface area (Å²) in [6, 6.07) is 0. The largest absolute Gasteiger partial charge is 0.444 e.